The Labute approximate surface area is 187 Å². The summed E-state index contributed by atoms with van der Waals surface area (Å²) in [5.74, 6) is 0.754. The summed E-state index contributed by atoms with van der Waals surface area (Å²) in [5.41, 5.74) is 9.80. The number of nitrogens with one attached hydrogen (secondary N) is 1. The molecule has 1 aliphatic rings. The highest BCUT2D eigenvalue weighted by atomic mass is 79.9. The van der Waals surface area contributed by atoms with E-state index in [0.29, 0.717) is 47.4 Å². The summed E-state index contributed by atoms with van der Waals surface area (Å²) in [6.45, 7) is 1.16. The molecule has 1 aromatic heterocycles. The molecule has 1 aliphatic heterocycles. The monoisotopic (exact) mass is 487 g/mol. The maximum atomic E-state index is 12.7. The Balaban J connectivity index is 1.60. The number of anilines is 1. The number of nitrogens with two attached hydrogens (primary N) is 1. The van der Waals surface area contributed by atoms with Crippen LogP contribution in [0, 0.1) is 0 Å². The van der Waals surface area contributed by atoms with Crippen molar-refractivity contribution in [3.63, 3.8) is 0 Å². The van der Waals surface area contributed by atoms with Gasteiger partial charge >= 0.3 is 6.03 Å². The molecule has 0 bridgehead atoms. The lowest BCUT2D eigenvalue weighted by Crippen LogP contribution is -2.36. The Morgan fingerprint density at radius 2 is 2.03 bits per heavy atom. The van der Waals surface area contributed by atoms with Crippen LogP contribution >= 0.6 is 27.5 Å². The first-order valence-corrected chi connectivity index (χ1v) is 10.4. The summed E-state index contributed by atoms with van der Waals surface area (Å²) in [6.07, 6.45) is 0. The molecule has 0 spiro atoms. The highest BCUT2D eigenvalue weighted by Crippen LogP contribution is 2.39. The van der Waals surface area contributed by atoms with E-state index in [4.69, 9.17) is 22.1 Å². The number of fused-ring (bicyclic) bond motifs is 1. The zero-order valence-electron chi connectivity index (χ0n) is 16.2. The van der Waals surface area contributed by atoms with Crippen LogP contribution in [0.5, 0.6) is 5.75 Å². The summed E-state index contributed by atoms with van der Waals surface area (Å²) >= 11 is 9.91. The molecule has 0 unspecified atom stereocenters. The van der Waals surface area contributed by atoms with E-state index in [-0.39, 0.29) is 12.0 Å². The second-order valence-corrected chi connectivity index (χ2v) is 8.08. The van der Waals surface area contributed by atoms with Crippen LogP contribution in [0.3, 0.4) is 0 Å². The normalized spacial score (nSPS) is 12.6. The molecule has 0 aliphatic carbocycles. The van der Waals surface area contributed by atoms with Gasteiger partial charge in [-0.25, -0.2) is 14.8 Å². The largest absolute Gasteiger partial charge is 0.496 e. The average Bonchev–Trinajstić information content (AvgIpc) is 3.16. The molecule has 0 saturated heterocycles. The number of carbonyl (C=O) groups excluding carboxylic acids is 1. The summed E-state index contributed by atoms with van der Waals surface area (Å²) in [6, 6.07) is 13.1. The first-order valence-electron chi connectivity index (χ1n) is 9.21. The molecular weight excluding hydrogens is 470 g/mol. The zero-order chi connectivity index (χ0) is 21.3. The smallest absolute Gasteiger partial charge is 0.318 e. The van der Waals surface area contributed by atoms with Crippen LogP contribution in [-0.2, 0) is 19.6 Å². The number of ether oxygens (including phenoxy) is 1. The van der Waals surface area contributed by atoms with Gasteiger partial charge in [0.1, 0.15) is 5.75 Å². The molecule has 30 heavy (non-hydrogen) atoms. The number of hydrogen-bond donors (Lipinski definition) is 2. The lowest BCUT2D eigenvalue weighted by Gasteiger charge is -2.16. The Morgan fingerprint density at radius 3 is 2.77 bits per heavy atom. The van der Waals surface area contributed by atoms with Gasteiger partial charge < -0.3 is 20.7 Å². The van der Waals surface area contributed by atoms with Crippen molar-refractivity contribution >= 4 is 39.5 Å². The number of halogens is 2. The van der Waals surface area contributed by atoms with E-state index in [9.17, 15) is 4.79 Å². The number of rotatable bonds is 4. The number of benzene rings is 2. The predicted molar refractivity (Wildman–Crippen MR) is 119 cm³/mol. The summed E-state index contributed by atoms with van der Waals surface area (Å²) in [4.78, 5) is 23.2. The second-order valence-electron chi connectivity index (χ2n) is 6.82. The zero-order valence-corrected chi connectivity index (χ0v) is 18.5. The van der Waals surface area contributed by atoms with Gasteiger partial charge in [-0.3, -0.25) is 0 Å². The summed E-state index contributed by atoms with van der Waals surface area (Å²) in [5, 5.41) is 3.44. The van der Waals surface area contributed by atoms with Crippen LogP contribution in [0.2, 0.25) is 5.02 Å². The maximum Gasteiger partial charge on any atom is 0.318 e. The Kier molecular flexibility index (Phi) is 5.78. The molecule has 2 heterocycles. The maximum absolute atomic E-state index is 12.7. The SMILES string of the molecule is COc1cc(-c2nc(N)nc3c2CN(C(=O)NCc2ccccc2)C3)c(Cl)cc1Br. The van der Waals surface area contributed by atoms with E-state index < -0.39 is 0 Å². The fourth-order valence-corrected chi connectivity index (χ4v) is 4.28. The van der Waals surface area contributed by atoms with Gasteiger partial charge in [0.2, 0.25) is 5.95 Å². The van der Waals surface area contributed by atoms with Gasteiger partial charge in [0.25, 0.3) is 0 Å². The van der Waals surface area contributed by atoms with Crippen LogP contribution < -0.4 is 15.8 Å². The van der Waals surface area contributed by atoms with Gasteiger partial charge in [0.05, 0.1) is 41.1 Å². The molecule has 7 nitrogen and oxygen atoms in total. The number of carbonyl (C=O) groups is 1. The van der Waals surface area contributed by atoms with Crippen molar-refractivity contribution in [3.8, 4) is 17.0 Å². The molecule has 0 atom stereocenters. The Hall–Kier alpha value is -2.84. The standard InChI is InChI=1S/C21H19BrClN5O2/c1-30-18-7-13(16(23)8-15(18)22)19-14-10-28(11-17(14)26-20(24)27-19)21(29)25-9-12-5-3-2-4-6-12/h2-8H,9-11H2,1H3,(H,25,29)(H2,24,26,27). The van der Waals surface area contributed by atoms with E-state index in [1.165, 1.54) is 0 Å². The number of aromatic nitrogens is 2. The summed E-state index contributed by atoms with van der Waals surface area (Å²) < 4.78 is 6.13. The van der Waals surface area contributed by atoms with Crippen molar-refractivity contribution in [1.82, 2.24) is 20.2 Å². The molecule has 0 fully saturated rings. The third-order valence-corrected chi connectivity index (χ3v) is 5.80. The minimum atomic E-state index is -0.180. The fourth-order valence-electron chi connectivity index (χ4n) is 3.39. The molecule has 154 valence electrons. The summed E-state index contributed by atoms with van der Waals surface area (Å²) in [7, 11) is 1.58. The van der Waals surface area contributed by atoms with Gasteiger partial charge in [-0.1, -0.05) is 41.9 Å². The van der Waals surface area contributed by atoms with Crippen LogP contribution in [0.4, 0.5) is 10.7 Å². The number of urea groups is 1. The lowest BCUT2D eigenvalue weighted by atomic mass is 10.1. The number of methoxy groups -OCH3 is 1. The Bertz CT molecular complexity index is 1110. The van der Waals surface area contributed by atoms with E-state index in [1.54, 1.807) is 24.1 Å². The fraction of sp³-hybridized carbons (Fsp3) is 0.190. The molecular formula is C21H19BrClN5O2. The van der Waals surface area contributed by atoms with Gasteiger partial charge in [0, 0.05) is 17.7 Å². The van der Waals surface area contributed by atoms with Crippen molar-refractivity contribution in [2.75, 3.05) is 12.8 Å². The first kappa shape index (κ1) is 20.4. The highest BCUT2D eigenvalue weighted by Gasteiger charge is 2.29. The van der Waals surface area contributed by atoms with Crippen molar-refractivity contribution in [3.05, 3.63) is 68.8 Å². The minimum absolute atomic E-state index is 0.133. The second kappa shape index (κ2) is 8.49. The van der Waals surface area contributed by atoms with E-state index >= 15 is 0 Å². The van der Waals surface area contributed by atoms with Gasteiger partial charge in [-0.2, -0.15) is 0 Å². The topological polar surface area (TPSA) is 93.4 Å². The third kappa shape index (κ3) is 4.06. The number of hydrogen-bond acceptors (Lipinski definition) is 5. The minimum Gasteiger partial charge on any atom is -0.496 e. The average molecular weight is 489 g/mol. The molecule has 2 amide bonds. The molecule has 0 radical (unpaired) electrons. The van der Waals surface area contributed by atoms with E-state index in [2.05, 4.69) is 31.2 Å². The van der Waals surface area contributed by atoms with Crippen molar-refractivity contribution in [1.29, 1.82) is 0 Å². The first-order chi connectivity index (χ1) is 14.5. The molecule has 9 heteroatoms. The lowest BCUT2D eigenvalue weighted by molar-refractivity contribution is 0.198. The molecule has 0 saturated carbocycles. The molecule has 2 aromatic carbocycles. The van der Waals surface area contributed by atoms with Gasteiger partial charge in [0.15, 0.2) is 0 Å². The van der Waals surface area contributed by atoms with Crippen LogP contribution in [0.1, 0.15) is 16.8 Å². The third-order valence-electron chi connectivity index (χ3n) is 4.87. The van der Waals surface area contributed by atoms with Gasteiger partial charge in [-0.15, -0.1) is 0 Å². The molecule has 3 aromatic rings. The predicted octanol–water partition coefficient (Wildman–Crippen LogP) is 4.38. The number of nitrogens with zero attached hydrogens (tertiary/aromatic N) is 3. The van der Waals surface area contributed by atoms with Crippen molar-refractivity contribution in [2.24, 2.45) is 0 Å². The van der Waals surface area contributed by atoms with Crippen LogP contribution in [-0.4, -0.2) is 28.0 Å². The van der Waals surface area contributed by atoms with Crippen molar-refractivity contribution in [2.45, 2.75) is 19.6 Å². The number of amides is 2. The van der Waals surface area contributed by atoms with Crippen LogP contribution in [0.25, 0.3) is 11.3 Å². The number of nitrogen functional groups attached to an aromatic ring is 1. The highest BCUT2D eigenvalue weighted by molar-refractivity contribution is 9.10. The Morgan fingerprint density at radius 1 is 1.27 bits per heavy atom. The van der Waals surface area contributed by atoms with Crippen molar-refractivity contribution < 1.29 is 9.53 Å². The quantitative estimate of drug-likeness (QED) is 0.569. The van der Waals surface area contributed by atoms with E-state index in [1.807, 2.05) is 30.3 Å². The van der Waals surface area contributed by atoms with Gasteiger partial charge in [-0.05, 0) is 33.6 Å². The molecule has 4 rings (SSSR count). The van der Waals surface area contributed by atoms with E-state index in [0.717, 1.165) is 15.6 Å². The molecule has 3 N–H and O–H groups in total. The van der Waals surface area contributed by atoms with Crippen LogP contribution in [0.15, 0.2) is 46.9 Å².